The first-order valence-electron chi connectivity index (χ1n) is 6.70. The van der Waals surface area contributed by atoms with E-state index in [4.69, 9.17) is 11.6 Å². The van der Waals surface area contributed by atoms with Crippen molar-refractivity contribution in [2.75, 3.05) is 0 Å². The fourth-order valence-electron chi connectivity index (χ4n) is 2.77. The minimum absolute atomic E-state index is 0.151. The average Bonchev–Trinajstić information content (AvgIpc) is 2.31. The standard InChI is InChI=1S/C15H22ClNO/c1-15(2)8-4-3-5-14(15)17-10-11-6-7-13(18)12(16)9-11/h6-7,9,14,17-18H,3-5,8,10H2,1-2H3. The van der Waals surface area contributed by atoms with Crippen molar-refractivity contribution in [1.82, 2.24) is 5.32 Å². The zero-order valence-corrected chi connectivity index (χ0v) is 11.9. The molecule has 1 aliphatic rings. The first kappa shape index (κ1) is 13.7. The van der Waals surface area contributed by atoms with E-state index in [9.17, 15) is 5.11 Å². The van der Waals surface area contributed by atoms with Crippen LogP contribution in [-0.4, -0.2) is 11.1 Å². The lowest BCUT2D eigenvalue weighted by molar-refractivity contribution is 0.167. The summed E-state index contributed by atoms with van der Waals surface area (Å²) in [5.41, 5.74) is 1.50. The quantitative estimate of drug-likeness (QED) is 0.864. The van der Waals surface area contributed by atoms with E-state index >= 15 is 0 Å². The summed E-state index contributed by atoms with van der Waals surface area (Å²) < 4.78 is 0. The highest BCUT2D eigenvalue weighted by Crippen LogP contribution is 2.35. The van der Waals surface area contributed by atoms with E-state index in [1.165, 1.54) is 25.7 Å². The van der Waals surface area contributed by atoms with Gasteiger partial charge in [0.15, 0.2) is 0 Å². The molecular formula is C15H22ClNO. The lowest BCUT2D eigenvalue weighted by Crippen LogP contribution is -2.43. The highest BCUT2D eigenvalue weighted by molar-refractivity contribution is 6.32. The Bertz CT molecular complexity index is 417. The van der Waals surface area contributed by atoms with Crippen LogP contribution in [-0.2, 0) is 6.54 Å². The summed E-state index contributed by atoms with van der Waals surface area (Å²) >= 11 is 5.91. The molecule has 0 aliphatic heterocycles. The minimum atomic E-state index is 0.151. The highest BCUT2D eigenvalue weighted by Gasteiger charge is 2.31. The molecule has 1 aromatic carbocycles. The second-order valence-corrected chi connectivity index (χ2v) is 6.36. The summed E-state index contributed by atoms with van der Waals surface area (Å²) in [7, 11) is 0. The van der Waals surface area contributed by atoms with Crippen molar-refractivity contribution in [3.8, 4) is 5.75 Å². The van der Waals surface area contributed by atoms with Gasteiger partial charge in [0.2, 0.25) is 0 Å². The van der Waals surface area contributed by atoms with Gasteiger partial charge in [-0.1, -0.05) is 44.4 Å². The topological polar surface area (TPSA) is 32.3 Å². The second-order valence-electron chi connectivity index (χ2n) is 5.95. The smallest absolute Gasteiger partial charge is 0.134 e. The molecule has 1 aliphatic carbocycles. The largest absolute Gasteiger partial charge is 0.506 e. The zero-order chi connectivity index (χ0) is 13.2. The van der Waals surface area contributed by atoms with Gasteiger partial charge in [-0.2, -0.15) is 0 Å². The van der Waals surface area contributed by atoms with Gasteiger partial charge in [-0.15, -0.1) is 0 Å². The molecule has 0 saturated heterocycles. The van der Waals surface area contributed by atoms with E-state index in [2.05, 4.69) is 19.2 Å². The Morgan fingerprint density at radius 3 is 2.83 bits per heavy atom. The number of nitrogens with one attached hydrogen (secondary N) is 1. The molecular weight excluding hydrogens is 246 g/mol. The van der Waals surface area contributed by atoms with Crippen molar-refractivity contribution in [2.45, 2.75) is 52.1 Å². The van der Waals surface area contributed by atoms with Gasteiger partial charge < -0.3 is 10.4 Å². The molecule has 1 fully saturated rings. The van der Waals surface area contributed by atoms with Gasteiger partial charge in [-0.3, -0.25) is 0 Å². The Kier molecular flexibility index (Phi) is 4.18. The van der Waals surface area contributed by atoms with E-state index in [0.717, 1.165) is 12.1 Å². The molecule has 0 bridgehead atoms. The van der Waals surface area contributed by atoms with Gasteiger partial charge in [0.05, 0.1) is 5.02 Å². The Morgan fingerprint density at radius 1 is 1.39 bits per heavy atom. The molecule has 1 saturated carbocycles. The molecule has 3 heteroatoms. The van der Waals surface area contributed by atoms with Crippen molar-refractivity contribution in [3.63, 3.8) is 0 Å². The number of hydrogen-bond donors (Lipinski definition) is 2. The predicted molar refractivity (Wildman–Crippen MR) is 76.0 cm³/mol. The van der Waals surface area contributed by atoms with Crippen LogP contribution in [0.25, 0.3) is 0 Å². The van der Waals surface area contributed by atoms with Crippen molar-refractivity contribution >= 4 is 11.6 Å². The van der Waals surface area contributed by atoms with Crippen LogP contribution in [0.5, 0.6) is 5.75 Å². The van der Waals surface area contributed by atoms with Crippen LogP contribution >= 0.6 is 11.6 Å². The molecule has 0 heterocycles. The predicted octanol–water partition coefficient (Wildman–Crippen LogP) is 4.10. The minimum Gasteiger partial charge on any atom is -0.506 e. The molecule has 2 rings (SSSR count). The number of phenolic OH excluding ortho intramolecular Hbond substituents is 1. The van der Waals surface area contributed by atoms with Crippen LogP contribution in [0.2, 0.25) is 5.02 Å². The zero-order valence-electron chi connectivity index (χ0n) is 11.2. The van der Waals surface area contributed by atoms with Crippen molar-refractivity contribution in [3.05, 3.63) is 28.8 Å². The Morgan fingerprint density at radius 2 is 2.17 bits per heavy atom. The van der Waals surface area contributed by atoms with E-state index in [1.807, 2.05) is 12.1 Å². The van der Waals surface area contributed by atoms with Gasteiger partial charge >= 0.3 is 0 Å². The lowest BCUT2D eigenvalue weighted by atomic mass is 9.73. The maximum Gasteiger partial charge on any atom is 0.134 e. The van der Waals surface area contributed by atoms with E-state index in [1.54, 1.807) is 6.07 Å². The number of phenols is 1. The van der Waals surface area contributed by atoms with Crippen molar-refractivity contribution in [1.29, 1.82) is 0 Å². The number of benzene rings is 1. The highest BCUT2D eigenvalue weighted by atomic mass is 35.5. The number of rotatable bonds is 3. The Labute approximate surface area is 114 Å². The molecule has 0 radical (unpaired) electrons. The number of hydrogen-bond acceptors (Lipinski definition) is 2. The maximum absolute atomic E-state index is 9.39. The fraction of sp³-hybridized carbons (Fsp3) is 0.600. The molecule has 2 N–H and O–H groups in total. The fourth-order valence-corrected chi connectivity index (χ4v) is 2.98. The first-order chi connectivity index (χ1) is 8.49. The van der Waals surface area contributed by atoms with Crippen LogP contribution in [0.15, 0.2) is 18.2 Å². The molecule has 0 spiro atoms. The van der Waals surface area contributed by atoms with Crippen LogP contribution in [0.4, 0.5) is 0 Å². The Hall–Kier alpha value is -0.730. The van der Waals surface area contributed by atoms with Gasteiger partial charge in [0.25, 0.3) is 0 Å². The summed E-state index contributed by atoms with van der Waals surface area (Å²) in [6.45, 7) is 5.50. The van der Waals surface area contributed by atoms with Crippen molar-refractivity contribution < 1.29 is 5.11 Å². The third-order valence-electron chi connectivity index (χ3n) is 4.07. The lowest BCUT2D eigenvalue weighted by Gasteiger charge is -2.39. The summed E-state index contributed by atoms with van der Waals surface area (Å²) in [5, 5.41) is 13.5. The third kappa shape index (κ3) is 3.18. The van der Waals surface area contributed by atoms with Gasteiger partial charge in [-0.05, 0) is 36.0 Å². The van der Waals surface area contributed by atoms with Gasteiger partial charge in [0, 0.05) is 12.6 Å². The third-order valence-corrected chi connectivity index (χ3v) is 4.37. The molecule has 2 nitrogen and oxygen atoms in total. The number of halogens is 1. The van der Waals surface area contributed by atoms with E-state index in [-0.39, 0.29) is 5.75 Å². The molecule has 18 heavy (non-hydrogen) atoms. The normalized spacial score (nSPS) is 22.9. The Balaban J connectivity index is 1.96. The number of aromatic hydroxyl groups is 1. The monoisotopic (exact) mass is 267 g/mol. The van der Waals surface area contributed by atoms with Crippen LogP contribution in [0.1, 0.15) is 45.1 Å². The van der Waals surface area contributed by atoms with Crippen LogP contribution in [0.3, 0.4) is 0 Å². The van der Waals surface area contributed by atoms with Crippen molar-refractivity contribution in [2.24, 2.45) is 5.41 Å². The average molecular weight is 268 g/mol. The molecule has 0 aromatic heterocycles. The molecule has 0 amide bonds. The maximum atomic E-state index is 9.39. The summed E-state index contributed by atoms with van der Waals surface area (Å²) in [5.74, 6) is 0.151. The van der Waals surface area contributed by atoms with E-state index < -0.39 is 0 Å². The second kappa shape index (κ2) is 5.50. The van der Waals surface area contributed by atoms with E-state index in [0.29, 0.717) is 16.5 Å². The summed E-state index contributed by atoms with van der Waals surface area (Å²) in [6.07, 6.45) is 5.20. The van der Waals surface area contributed by atoms with Crippen LogP contribution < -0.4 is 5.32 Å². The SMILES string of the molecule is CC1(C)CCCCC1NCc1ccc(O)c(Cl)c1. The molecule has 1 aromatic rings. The summed E-state index contributed by atoms with van der Waals surface area (Å²) in [4.78, 5) is 0. The van der Waals surface area contributed by atoms with Crippen LogP contribution in [0, 0.1) is 5.41 Å². The molecule has 1 atom stereocenters. The summed E-state index contributed by atoms with van der Waals surface area (Å²) in [6, 6.07) is 5.98. The molecule has 1 unspecified atom stereocenters. The van der Waals surface area contributed by atoms with Gasteiger partial charge in [0.1, 0.15) is 5.75 Å². The first-order valence-corrected chi connectivity index (χ1v) is 7.07. The molecule has 100 valence electrons. The van der Waals surface area contributed by atoms with Gasteiger partial charge in [-0.25, -0.2) is 0 Å².